The first-order valence-electron chi connectivity index (χ1n) is 8.87. The van der Waals surface area contributed by atoms with Gasteiger partial charge in [0.05, 0.1) is 0 Å². The molecule has 2 aliphatic rings. The highest BCUT2D eigenvalue weighted by atomic mass is 16.3. The van der Waals surface area contributed by atoms with Gasteiger partial charge in [-0.3, -0.25) is 9.59 Å². The summed E-state index contributed by atoms with van der Waals surface area (Å²) in [6.07, 6.45) is 6.28. The quantitative estimate of drug-likeness (QED) is 0.769. The molecule has 0 aromatic carbocycles. The zero-order chi connectivity index (χ0) is 17.3. The van der Waals surface area contributed by atoms with Crippen molar-refractivity contribution in [3.05, 3.63) is 23.0 Å². The SMILES string of the molecule is CC(C)=CCC[C@H](C)[C@H]1CC[C@H](C)C2C(=O)C(O)=C(C)C(=O)C21. The Morgan fingerprint density at radius 3 is 2.48 bits per heavy atom. The Balaban J connectivity index is 2.24. The van der Waals surface area contributed by atoms with Gasteiger partial charge < -0.3 is 5.11 Å². The van der Waals surface area contributed by atoms with E-state index in [0.29, 0.717) is 5.92 Å². The minimum atomic E-state index is -0.323. The van der Waals surface area contributed by atoms with E-state index in [9.17, 15) is 14.7 Å². The third-order valence-corrected chi connectivity index (χ3v) is 5.89. The Labute approximate surface area is 139 Å². The van der Waals surface area contributed by atoms with Crippen LogP contribution in [0.25, 0.3) is 0 Å². The maximum absolute atomic E-state index is 12.8. The molecular weight excluding hydrogens is 288 g/mol. The number of aliphatic hydroxyl groups excluding tert-OH is 1. The predicted molar refractivity (Wildman–Crippen MR) is 92.0 cm³/mol. The van der Waals surface area contributed by atoms with Crippen LogP contribution in [0.1, 0.15) is 60.3 Å². The van der Waals surface area contributed by atoms with Crippen LogP contribution in [-0.2, 0) is 9.59 Å². The summed E-state index contributed by atoms with van der Waals surface area (Å²) in [4.78, 5) is 25.3. The standard InChI is InChI=1S/C20H30O3/c1-11(2)7-6-8-12(3)15-10-9-13(4)16-17(15)18(21)14(5)19(22)20(16)23/h7,12-13,15-17,22H,6,8-10H2,1-5H3/t12-,13-,15+,16?,17?/m0/s1. The molecule has 2 aliphatic carbocycles. The average molecular weight is 318 g/mol. The molecule has 0 amide bonds. The summed E-state index contributed by atoms with van der Waals surface area (Å²) in [5, 5.41) is 10.0. The number of rotatable bonds is 4. The van der Waals surface area contributed by atoms with Gasteiger partial charge in [-0.15, -0.1) is 0 Å². The van der Waals surface area contributed by atoms with Gasteiger partial charge in [0.15, 0.2) is 11.5 Å². The Hall–Kier alpha value is -1.38. The van der Waals surface area contributed by atoms with E-state index in [1.165, 1.54) is 5.57 Å². The molecule has 0 saturated heterocycles. The average Bonchev–Trinajstić information content (AvgIpc) is 2.49. The largest absolute Gasteiger partial charge is 0.504 e. The number of carbonyl (C=O) groups is 2. The van der Waals surface area contributed by atoms with Crippen LogP contribution in [0.3, 0.4) is 0 Å². The van der Waals surface area contributed by atoms with Gasteiger partial charge in [-0.05, 0) is 64.2 Å². The van der Waals surface area contributed by atoms with E-state index >= 15 is 0 Å². The molecule has 0 aliphatic heterocycles. The minimum Gasteiger partial charge on any atom is -0.504 e. The Morgan fingerprint density at radius 1 is 1.22 bits per heavy atom. The number of Topliss-reactive ketones (excluding diaryl/α,β-unsaturated/α-hetero) is 2. The second-order valence-electron chi connectivity index (χ2n) is 7.81. The number of carbonyl (C=O) groups excluding carboxylic acids is 2. The lowest BCUT2D eigenvalue weighted by Gasteiger charge is -2.44. The number of allylic oxidation sites excluding steroid dienone is 4. The monoisotopic (exact) mass is 318 g/mol. The van der Waals surface area contributed by atoms with Gasteiger partial charge in [0.25, 0.3) is 0 Å². The van der Waals surface area contributed by atoms with Gasteiger partial charge in [0.2, 0.25) is 5.78 Å². The molecule has 0 heterocycles. The first-order chi connectivity index (χ1) is 10.8. The molecule has 128 valence electrons. The lowest BCUT2D eigenvalue weighted by atomic mass is 9.57. The first-order valence-corrected chi connectivity index (χ1v) is 8.87. The molecule has 2 unspecified atom stereocenters. The summed E-state index contributed by atoms with van der Waals surface area (Å²) < 4.78 is 0. The van der Waals surface area contributed by atoms with Gasteiger partial charge in [-0.1, -0.05) is 25.5 Å². The summed E-state index contributed by atoms with van der Waals surface area (Å²) in [6, 6.07) is 0. The third-order valence-electron chi connectivity index (χ3n) is 5.89. The molecule has 3 heteroatoms. The molecule has 2 rings (SSSR count). The molecule has 0 aromatic heterocycles. The number of aliphatic hydroxyl groups is 1. The third kappa shape index (κ3) is 3.44. The normalized spacial score (nSPS) is 32.6. The number of hydrogen-bond acceptors (Lipinski definition) is 3. The van der Waals surface area contributed by atoms with E-state index in [0.717, 1.165) is 25.7 Å². The molecule has 0 bridgehead atoms. The van der Waals surface area contributed by atoms with Gasteiger partial charge >= 0.3 is 0 Å². The molecule has 0 aromatic rings. The van der Waals surface area contributed by atoms with E-state index in [-0.39, 0.29) is 46.6 Å². The van der Waals surface area contributed by atoms with Gasteiger partial charge in [-0.25, -0.2) is 0 Å². The van der Waals surface area contributed by atoms with Crippen molar-refractivity contribution >= 4 is 11.6 Å². The van der Waals surface area contributed by atoms with E-state index < -0.39 is 0 Å². The fraction of sp³-hybridized carbons (Fsp3) is 0.700. The van der Waals surface area contributed by atoms with Crippen molar-refractivity contribution in [2.75, 3.05) is 0 Å². The van der Waals surface area contributed by atoms with Crippen LogP contribution >= 0.6 is 0 Å². The zero-order valence-corrected chi connectivity index (χ0v) is 15.1. The molecule has 23 heavy (non-hydrogen) atoms. The van der Waals surface area contributed by atoms with E-state index in [1.807, 2.05) is 6.92 Å². The van der Waals surface area contributed by atoms with E-state index in [2.05, 4.69) is 26.8 Å². The van der Waals surface area contributed by atoms with Gasteiger partial charge in [0, 0.05) is 17.4 Å². The van der Waals surface area contributed by atoms with Crippen molar-refractivity contribution in [3.8, 4) is 0 Å². The zero-order valence-electron chi connectivity index (χ0n) is 15.1. The first kappa shape index (κ1) is 18.0. The van der Waals surface area contributed by atoms with Crippen molar-refractivity contribution < 1.29 is 14.7 Å². The second kappa shape index (κ2) is 7.02. The molecule has 1 fully saturated rings. The summed E-state index contributed by atoms with van der Waals surface area (Å²) in [7, 11) is 0. The molecule has 1 saturated carbocycles. The highest BCUT2D eigenvalue weighted by molar-refractivity contribution is 6.12. The Morgan fingerprint density at radius 2 is 1.87 bits per heavy atom. The van der Waals surface area contributed by atoms with Crippen LogP contribution < -0.4 is 0 Å². The smallest absolute Gasteiger partial charge is 0.201 e. The van der Waals surface area contributed by atoms with Crippen LogP contribution in [0.5, 0.6) is 0 Å². The topological polar surface area (TPSA) is 54.4 Å². The maximum atomic E-state index is 12.8. The van der Waals surface area contributed by atoms with Crippen molar-refractivity contribution in [2.24, 2.45) is 29.6 Å². The van der Waals surface area contributed by atoms with Crippen molar-refractivity contribution in [3.63, 3.8) is 0 Å². The molecule has 1 N–H and O–H groups in total. The maximum Gasteiger partial charge on any atom is 0.201 e. The summed E-state index contributed by atoms with van der Waals surface area (Å²) in [6.45, 7) is 10.0. The number of hydrogen-bond donors (Lipinski definition) is 1. The molecular formula is C20H30O3. The van der Waals surface area contributed by atoms with Crippen LogP contribution in [-0.4, -0.2) is 16.7 Å². The lowest BCUT2D eigenvalue weighted by Crippen LogP contribution is -2.48. The van der Waals surface area contributed by atoms with Gasteiger partial charge in [-0.2, -0.15) is 0 Å². The Bertz CT molecular complexity index is 551. The summed E-state index contributed by atoms with van der Waals surface area (Å²) in [5.41, 5.74) is 1.59. The van der Waals surface area contributed by atoms with Crippen molar-refractivity contribution in [2.45, 2.75) is 60.3 Å². The summed E-state index contributed by atoms with van der Waals surface area (Å²) >= 11 is 0. The van der Waals surface area contributed by atoms with Crippen LogP contribution in [0.4, 0.5) is 0 Å². The highest BCUT2D eigenvalue weighted by Crippen LogP contribution is 2.47. The lowest BCUT2D eigenvalue weighted by molar-refractivity contribution is -0.140. The number of ketones is 2. The molecule has 0 radical (unpaired) electrons. The number of fused-ring (bicyclic) bond motifs is 1. The highest BCUT2D eigenvalue weighted by Gasteiger charge is 2.51. The summed E-state index contributed by atoms with van der Waals surface area (Å²) in [5.74, 6) is -0.219. The molecule has 3 nitrogen and oxygen atoms in total. The second-order valence-corrected chi connectivity index (χ2v) is 7.81. The van der Waals surface area contributed by atoms with Crippen LogP contribution in [0.2, 0.25) is 0 Å². The van der Waals surface area contributed by atoms with E-state index in [1.54, 1.807) is 6.92 Å². The van der Waals surface area contributed by atoms with Crippen LogP contribution in [0, 0.1) is 29.6 Å². The minimum absolute atomic E-state index is 0.00212. The molecule has 5 atom stereocenters. The molecule has 0 spiro atoms. The van der Waals surface area contributed by atoms with E-state index in [4.69, 9.17) is 0 Å². The Kier molecular flexibility index (Phi) is 5.49. The van der Waals surface area contributed by atoms with Gasteiger partial charge in [0.1, 0.15) is 0 Å². The van der Waals surface area contributed by atoms with Crippen LogP contribution in [0.15, 0.2) is 23.0 Å². The van der Waals surface area contributed by atoms with Crippen molar-refractivity contribution in [1.82, 2.24) is 0 Å². The van der Waals surface area contributed by atoms with Crippen molar-refractivity contribution in [1.29, 1.82) is 0 Å². The fourth-order valence-corrected chi connectivity index (χ4v) is 4.41. The fourth-order valence-electron chi connectivity index (χ4n) is 4.41. The predicted octanol–water partition coefficient (Wildman–Crippen LogP) is 4.63.